The van der Waals surface area contributed by atoms with Crippen LogP contribution < -0.4 is 5.32 Å². The van der Waals surface area contributed by atoms with Crippen molar-refractivity contribution in [2.24, 2.45) is 0 Å². The Morgan fingerprint density at radius 1 is 1.03 bits per heavy atom. The first-order chi connectivity index (χ1) is 14.3. The van der Waals surface area contributed by atoms with E-state index in [9.17, 15) is 24.5 Å². The Bertz CT molecular complexity index is 1040. The lowest BCUT2D eigenvalue weighted by atomic mass is 10.1. The molecule has 0 aromatic heterocycles. The number of halogens is 2. The Morgan fingerprint density at radius 2 is 1.80 bits per heavy atom. The van der Waals surface area contributed by atoms with Crippen molar-refractivity contribution in [1.82, 2.24) is 4.90 Å². The highest BCUT2D eigenvalue weighted by Crippen LogP contribution is 2.31. The first-order valence-corrected chi connectivity index (χ1v) is 9.93. The van der Waals surface area contributed by atoms with Crippen LogP contribution in [-0.2, 0) is 4.79 Å². The van der Waals surface area contributed by atoms with Gasteiger partial charge in [-0.3, -0.25) is 29.4 Å². The van der Waals surface area contributed by atoms with E-state index in [1.807, 2.05) is 0 Å². The molecule has 0 unspecified atom stereocenters. The van der Waals surface area contributed by atoms with Gasteiger partial charge in [0.15, 0.2) is 0 Å². The van der Waals surface area contributed by atoms with E-state index < -0.39 is 16.7 Å². The Kier molecular flexibility index (Phi) is 6.69. The van der Waals surface area contributed by atoms with E-state index in [2.05, 4.69) is 5.32 Å². The van der Waals surface area contributed by atoms with Crippen molar-refractivity contribution in [1.29, 1.82) is 0 Å². The lowest BCUT2D eigenvalue weighted by Crippen LogP contribution is -2.30. The molecule has 8 nitrogen and oxygen atoms in total. The average Bonchev–Trinajstić information content (AvgIpc) is 2.95. The van der Waals surface area contributed by atoms with Gasteiger partial charge in [-0.25, -0.2) is 0 Å². The predicted octanol–water partition coefficient (Wildman–Crippen LogP) is 4.70. The molecule has 2 aromatic rings. The van der Waals surface area contributed by atoms with Crippen LogP contribution >= 0.6 is 23.2 Å². The molecule has 0 spiro atoms. The third kappa shape index (κ3) is 4.60. The van der Waals surface area contributed by atoms with Crippen molar-refractivity contribution >= 4 is 52.3 Å². The van der Waals surface area contributed by atoms with Crippen LogP contribution in [0.5, 0.6) is 0 Å². The number of hydrogen-bond donors (Lipinski definition) is 1. The Balaban J connectivity index is 1.47. The second-order valence-corrected chi connectivity index (χ2v) is 7.52. The maximum atomic E-state index is 12.5. The molecule has 30 heavy (non-hydrogen) atoms. The smallest absolute Gasteiger partial charge is 0.282 e. The van der Waals surface area contributed by atoms with Gasteiger partial charge in [0, 0.05) is 24.7 Å². The molecule has 3 amide bonds. The number of carbonyl (C=O) groups excluding carboxylic acids is 3. The summed E-state index contributed by atoms with van der Waals surface area (Å²) in [6.45, 7) is 0.137. The quantitative estimate of drug-likeness (QED) is 0.271. The largest absolute Gasteiger partial charge is 0.326 e. The number of unbranched alkanes of at least 4 members (excludes halogenated alkanes) is 2. The minimum absolute atomic E-state index is 0.0511. The Labute approximate surface area is 181 Å². The lowest BCUT2D eigenvalue weighted by molar-refractivity contribution is -0.385. The third-order valence-electron chi connectivity index (χ3n) is 4.66. The molecule has 1 aliphatic rings. The van der Waals surface area contributed by atoms with Crippen molar-refractivity contribution in [3.63, 3.8) is 0 Å². The molecular weight excluding hydrogens is 433 g/mol. The number of nitro benzene ring substituents is 1. The number of imide groups is 1. The summed E-state index contributed by atoms with van der Waals surface area (Å²) in [6.07, 6.45) is 1.90. The molecule has 0 saturated carbocycles. The molecule has 0 saturated heterocycles. The van der Waals surface area contributed by atoms with E-state index in [4.69, 9.17) is 23.2 Å². The summed E-state index contributed by atoms with van der Waals surface area (Å²) in [6, 6.07) is 8.80. The molecule has 0 bridgehead atoms. The lowest BCUT2D eigenvalue weighted by Gasteiger charge is -2.13. The van der Waals surface area contributed by atoms with E-state index in [0.717, 1.165) is 4.90 Å². The standard InChI is InChI=1S/C20H17Cl2N3O5/c21-14-9-8-12(11-15(14)22)23-17(26)7-2-1-3-10-24-19(27)13-5-4-6-16(25(29)30)18(13)20(24)28/h4-6,8-9,11H,1-3,7,10H2,(H,23,26). The van der Waals surface area contributed by atoms with Gasteiger partial charge in [-0.05, 0) is 37.1 Å². The number of nitrogens with one attached hydrogen (secondary N) is 1. The number of hydrogen-bond acceptors (Lipinski definition) is 5. The second-order valence-electron chi connectivity index (χ2n) is 6.71. The van der Waals surface area contributed by atoms with Gasteiger partial charge in [0.25, 0.3) is 17.5 Å². The van der Waals surface area contributed by atoms with Gasteiger partial charge in [-0.1, -0.05) is 35.7 Å². The van der Waals surface area contributed by atoms with Crippen molar-refractivity contribution in [2.75, 3.05) is 11.9 Å². The van der Waals surface area contributed by atoms with Crippen molar-refractivity contribution < 1.29 is 19.3 Å². The first kappa shape index (κ1) is 21.7. The highest BCUT2D eigenvalue weighted by Gasteiger charge is 2.40. The van der Waals surface area contributed by atoms with Gasteiger partial charge in [-0.15, -0.1) is 0 Å². The number of nitro groups is 1. The summed E-state index contributed by atoms with van der Waals surface area (Å²) in [4.78, 5) is 48.4. The second kappa shape index (κ2) is 9.23. The Hall–Kier alpha value is -2.97. The summed E-state index contributed by atoms with van der Waals surface area (Å²) in [5.74, 6) is -1.37. The SMILES string of the molecule is O=C(CCCCCN1C(=O)c2cccc([N+](=O)[O-])c2C1=O)Nc1ccc(Cl)c(Cl)c1. The molecular formula is C20H17Cl2N3O5. The molecule has 1 aliphatic heterocycles. The molecule has 1 heterocycles. The zero-order chi connectivity index (χ0) is 21.8. The highest BCUT2D eigenvalue weighted by atomic mass is 35.5. The molecule has 0 radical (unpaired) electrons. The predicted molar refractivity (Wildman–Crippen MR) is 112 cm³/mol. The van der Waals surface area contributed by atoms with Crippen LogP contribution in [0.15, 0.2) is 36.4 Å². The van der Waals surface area contributed by atoms with E-state index in [0.29, 0.717) is 35.0 Å². The van der Waals surface area contributed by atoms with Crippen LogP contribution in [-0.4, -0.2) is 34.1 Å². The fourth-order valence-electron chi connectivity index (χ4n) is 3.20. The normalized spacial score (nSPS) is 12.8. The number of fused-ring (bicyclic) bond motifs is 1. The molecule has 0 aliphatic carbocycles. The average molecular weight is 450 g/mol. The number of carbonyl (C=O) groups is 3. The van der Waals surface area contributed by atoms with Gasteiger partial charge >= 0.3 is 0 Å². The monoisotopic (exact) mass is 449 g/mol. The number of benzene rings is 2. The topological polar surface area (TPSA) is 110 Å². The molecule has 156 valence electrons. The fraction of sp³-hybridized carbons (Fsp3) is 0.250. The van der Waals surface area contributed by atoms with Crippen LogP contribution in [0, 0.1) is 10.1 Å². The van der Waals surface area contributed by atoms with Crippen molar-refractivity contribution in [2.45, 2.75) is 25.7 Å². The van der Waals surface area contributed by atoms with Crippen LogP contribution in [0.2, 0.25) is 10.0 Å². The van der Waals surface area contributed by atoms with E-state index in [-0.39, 0.29) is 35.7 Å². The zero-order valence-electron chi connectivity index (χ0n) is 15.7. The molecule has 0 atom stereocenters. The summed E-state index contributed by atoms with van der Waals surface area (Å²) in [5, 5.41) is 14.6. The molecule has 2 aromatic carbocycles. The summed E-state index contributed by atoms with van der Waals surface area (Å²) < 4.78 is 0. The number of anilines is 1. The van der Waals surface area contributed by atoms with Gasteiger partial charge in [-0.2, -0.15) is 0 Å². The van der Waals surface area contributed by atoms with Gasteiger partial charge in [0.2, 0.25) is 5.91 Å². The van der Waals surface area contributed by atoms with E-state index in [1.54, 1.807) is 18.2 Å². The van der Waals surface area contributed by atoms with Crippen molar-refractivity contribution in [3.8, 4) is 0 Å². The molecule has 3 rings (SSSR count). The third-order valence-corrected chi connectivity index (χ3v) is 5.40. The van der Waals surface area contributed by atoms with E-state index in [1.165, 1.54) is 18.2 Å². The molecule has 1 N–H and O–H groups in total. The summed E-state index contributed by atoms with van der Waals surface area (Å²) >= 11 is 11.7. The van der Waals surface area contributed by atoms with Gasteiger partial charge in [0.05, 0.1) is 20.5 Å². The minimum Gasteiger partial charge on any atom is -0.326 e. The van der Waals surface area contributed by atoms with Crippen molar-refractivity contribution in [3.05, 3.63) is 67.7 Å². The first-order valence-electron chi connectivity index (χ1n) is 9.18. The number of rotatable bonds is 8. The van der Waals surface area contributed by atoms with Crippen LogP contribution in [0.1, 0.15) is 46.4 Å². The van der Waals surface area contributed by atoms with Gasteiger partial charge < -0.3 is 5.32 Å². The molecule has 10 heteroatoms. The number of amides is 3. The molecule has 0 fully saturated rings. The summed E-state index contributed by atoms with van der Waals surface area (Å²) in [7, 11) is 0. The Morgan fingerprint density at radius 3 is 2.50 bits per heavy atom. The van der Waals surface area contributed by atoms with Crippen LogP contribution in [0.3, 0.4) is 0 Å². The maximum absolute atomic E-state index is 12.5. The number of nitrogens with zero attached hydrogens (tertiary/aromatic N) is 2. The zero-order valence-corrected chi connectivity index (χ0v) is 17.2. The van der Waals surface area contributed by atoms with Gasteiger partial charge in [0.1, 0.15) is 5.56 Å². The fourth-order valence-corrected chi connectivity index (χ4v) is 3.50. The summed E-state index contributed by atoms with van der Waals surface area (Å²) in [5.41, 5.74) is 0.0676. The minimum atomic E-state index is -0.667. The maximum Gasteiger partial charge on any atom is 0.282 e. The van der Waals surface area contributed by atoms with Crippen LogP contribution in [0.4, 0.5) is 11.4 Å². The highest BCUT2D eigenvalue weighted by molar-refractivity contribution is 6.42. The van der Waals surface area contributed by atoms with Crippen LogP contribution in [0.25, 0.3) is 0 Å². The van der Waals surface area contributed by atoms with E-state index >= 15 is 0 Å².